The number of alkyl halides is 3. The third-order valence-corrected chi connectivity index (χ3v) is 8.77. The van der Waals surface area contributed by atoms with Gasteiger partial charge in [-0.25, -0.2) is 4.98 Å². The van der Waals surface area contributed by atoms with Gasteiger partial charge < -0.3 is 25.7 Å². The highest BCUT2D eigenvalue weighted by Gasteiger charge is 2.32. The summed E-state index contributed by atoms with van der Waals surface area (Å²) in [5.41, 5.74) is 8.30. The number of aromatic nitrogens is 4. The Labute approximate surface area is 238 Å². The summed E-state index contributed by atoms with van der Waals surface area (Å²) in [7, 11) is 0. The SMILES string of the molecule is NC1CCC(Nc2nc(NC3CCN(Cc4ccccc4OC(F)(F)F)CC3)c3ncn(C4CCCC4)c3n2)CC1. The van der Waals surface area contributed by atoms with Gasteiger partial charge >= 0.3 is 6.36 Å². The van der Waals surface area contributed by atoms with E-state index in [0.29, 0.717) is 30.1 Å². The first-order valence-electron chi connectivity index (χ1n) is 14.9. The normalized spacial score (nSPS) is 23.2. The lowest BCUT2D eigenvalue weighted by Crippen LogP contribution is -2.39. The minimum Gasteiger partial charge on any atom is -0.405 e. The Bertz CT molecular complexity index is 1310. The smallest absolute Gasteiger partial charge is 0.405 e. The van der Waals surface area contributed by atoms with E-state index in [0.717, 1.165) is 81.4 Å². The molecule has 3 fully saturated rings. The van der Waals surface area contributed by atoms with Crippen molar-refractivity contribution < 1.29 is 17.9 Å². The summed E-state index contributed by atoms with van der Waals surface area (Å²) in [6, 6.07) is 7.52. The summed E-state index contributed by atoms with van der Waals surface area (Å²) in [5.74, 6) is 1.23. The molecule has 4 N–H and O–H groups in total. The average molecular weight is 573 g/mol. The number of piperidine rings is 1. The number of anilines is 2. The first-order valence-corrected chi connectivity index (χ1v) is 14.9. The van der Waals surface area contributed by atoms with Crippen molar-refractivity contribution in [2.75, 3.05) is 23.7 Å². The summed E-state index contributed by atoms with van der Waals surface area (Å²) >= 11 is 0. The molecule has 41 heavy (non-hydrogen) atoms. The van der Waals surface area contributed by atoms with Crippen molar-refractivity contribution in [2.45, 2.75) is 101 Å². The maximum atomic E-state index is 12.9. The molecule has 3 heterocycles. The predicted octanol–water partition coefficient (Wildman–Crippen LogP) is 5.60. The number of nitrogens with one attached hydrogen (secondary N) is 2. The van der Waals surface area contributed by atoms with E-state index in [1.54, 1.807) is 18.2 Å². The van der Waals surface area contributed by atoms with Gasteiger partial charge in [-0.3, -0.25) is 4.90 Å². The van der Waals surface area contributed by atoms with Crippen LogP contribution in [0.1, 0.15) is 75.8 Å². The Morgan fingerprint density at radius 3 is 2.34 bits per heavy atom. The fraction of sp³-hybridized carbons (Fsp3) is 0.621. The zero-order valence-corrected chi connectivity index (χ0v) is 23.2. The van der Waals surface area contributed by atoms with Crippen LogP contribution in [0.25, 0.3) is 11.2 Å². The van der Waals surface area contributed by atoms with E-state index in [4.69, 9.17) is 20.7 Å². The van der Waals surface area contributed by atoms with Gasteiger partial charge in [0.2, 0.25) is 5.95 Å². The van der Waals surface area contributed by atoms with Crippen LogP contribution in [-0.2, 0) is 6.54 Å². The molecule has 2 saturated carbocycles. The van der Waals surface area contributed by atoms with Crippen LogP contribution in [0.4, 0.5) is 24.9 Å². The largest absolute Gasteiger partial charge is 0.573 e. The molecule has 0 atom stereocenters. The summed E-state index contributed by atoms with van der Waals surface area (Å²) < 4.78 is 45.1. The maximum absolute atomic E-state index is 12.9. The number of rotatable bonds is 8. The molecule has 2 aliphatic carbocycles. The fourth-order valence-electron chi connectivity index (χ4n) is 6.51. The molecule has 3 aromatic rings. The fourth-order valence-corrected chi connectivity index (χ4v) is 6.51. The van der Waals surface area contributed by atoms with Gasteiger partial charge in [-0.2, -0.15) is 9.97 Å². The highest BCUT2D eigenvalue weighted by molar-refractivity contribution is 5.84. The number of nitrogens with zero attached hydrogens (tertiary/aromatic N) is 5. The van der Waals surface area contributed by atoms with Crippen LogP contribution >= 0.6 is 0 Å². The van der Waals surface area contributed by atoms with Crippen molar-refractivity contribution >= 4 is 22.9 Å². The number of para-hydroxylation sites is 1. The second kappa shape index (κ2) is 12.0. The Morgan fingerprint density at radius 2 is 1.61 bits per heavy atom. The quantitative estimate of drug-likeness (QED) is 0.321. The van der Waals surface area contributed by atoms with Gasteiger partial charge in [0.1, 0.15) is 5.75 Å². The summed E-state index contributed by atoms with van der Waals surface area (Å²) in [6.07, 6.45) is 7.58. The number of ether oxygens (including phenoxy) is 1. The Morgan fingerprint density at radius 1 is 0.902 bits per heavy atom. The van der Waals surface area contributed by atoms with Gasteiger partial charge in [0.15, 0.2) is 17.0 Å². The van der Waals surface area contributed by atoms with Gasteiger partial charge in [-0.05, 0) is 57.4 Å². The first kappa shape index (κ1) is 28.0. The van der Waals surface area contributed by atoms with E-state index in [-0.39, 0.29) is 17.8 Å². The van der Waals surface area contributed by atoms with Crippen LogP contribution < -0.4 is 21.1 Å². The molecular formula is C29H39F3N8O. The van der Waals surface area contributed by atoms with Crippen molar-refractivity contribution in [3.63, 3.8) is 0 Å². The molecule has 0 unspecified atom stereocenters. The van der Waals surface area contributed by atoms with Crippen LogP contribution in [0.2, 0.25) is 0 Å². The molecule has 0 radical (unpaired) electrons. The zero-order chi connectivity index (χ0) is 28.4. The molecule has 0 bridgehead atoms. The molecular weight excluding hydrogens is 533 g/mol. The minimum atomic E-state index is -4.71. The number of benzene rings is 1. The van der Waals surface area contributed by atoms with Gasteiger partial charge in [0, 0.05) is 49.4 Å². The van der Waals surface area contributed by atoms with E-state index in [2.05, 4.69) is 24.8 Å². The maximum Gasteiger partial charge on any atom is 0.573 e. The number of fused-ring (bicyclic) bond motifs is 1. The molecule has 2 aromatic heterocycles. The molecule has 12 heteroatoms. The number of hydrogen-bond acceptors (Lipinski definition) is 8. The van der Waals surface area contributed by atoms with Gasteiger partial charge in [0.05, 0.1) is 6.33 Å². The first-order chi connectivity index (χ1) is 19.8. The molecule has 0 amide bonds. The van der Waals surface area contributed by atoms with Crippen molar-refractivity contribution in [3.8, 4) is 5.75 Å². The van der Waals surface area contributed by atoms with Crippen molar-refractivity contribution in [1.29, 1.82) is 0 Å². The highest BCUT2D eigenvalue weighted by Crippen LogP contribution is 2.34. The monoisotopic (exact) mass is 572 g/mol. The topological polar surface area (TPSA) is 106 Å². The number of halogens is 3. The van der Waals surface area contributed by atoms with E-state index in [9.17, 15) is 13.2 Å². The van der Waals surface area contributed by atoms with Crippen molar-refractivity contribution in [3.05, 3.63) is 36.2 Å². The molecule has 9 nitrogen and oxygen atoms in total. The summed E-state index contributed by atoms with van der Waals surface area (Å²) in [6.45, 7) is 1.90. The van der Waals surface area contributed by atoms with Crippen LogP contribution in [0.5, 0.6) is 5.75 Å². The highest BCUT2D eigenvalue weighted by atomic mass is 19.4. The van der Waals surface area contributed by atoms with Crippen LogP contribution in [-0.4, -0.2) is 62.0 Å². The van der Waals surface area contributed by atoms with Crippen molar-refractivity contribution in [1.82, 2.24) is 24.4 Å². The zero-order valence-electron chi connectivity index (χ0n) is 23.2. The summed E-state index contributed by atoms with van der Waals surface area (Å²) in [4.78, 5) is 16.8. The molecule has 1 saturated heterocycles. The van der Waals surface area contributed by atoms with Gasteiger partial charge in [-0.1, -0.05) is 31.0 Å². The van der Waals surface area contributed by atoms with Crippen molar-refractivity contribution in [2.24, 2.45) is 5.73 Å². The van der Waals surface area contributed by atoms with Crippen LogP contribution in [0.3, 0.4) is 0 Å². The predicted molar refractivity (Wildman–Crippen MR) is 152 cm³/mol. The molecule has 0 spiro atoms. The second-order valence-corrected chi connectivity index (χ2v) is 11.8. The van der Waals surface area contributed by atoms with Gasteiger partial charge in [0.25, 0.3) is 0 Å². The molecule has 1 aromatic carbocycles. The van der Waals surface area contributed by atoms with Crippen LogP contribution in [0.15, 0.2) is 30.6 Å². The minimum absolute atomic E-state index is 0.138. The van der Waals surface area contributed by atoms with E-state index < -0.39 is 6.36 Å². The number of imidazole rings is 1. The number of likely N-dealkylation sites (tertiary alicyclic amines) is 1. The Hall–Kier alpha value is -3.12. The Balaban J connectivity index is 1.15. The third kappa shape index (κ3) is 6.86. The van der Waals surface area contributed by atoms with E-state index in [1.165, 1.54) is 18.9 Å². The Kier molecular flexibility index (Phi) is 8.21. The van der Waals surface area contributed by atoms with Gasteiger partial charge in [-0.15, -0.1) is 13.2 Å². The third-order valence-electron chi connectivity index (χ3n) is 8.77. The second-order valence-electron chi connectivity index (χ2n) is 11.8. The molecule has 1 aliphatic heterocycles. The lowest BCUT2D eigenvalue weighted by Gasteiger charge is -2.33. The molecule has 222 valence electrons. The lowest BCUT2D eigenvalue weighted by atomic mass is 9.92. The molecule has 3 aliphatic rings. The molecule has 6 rings (SSSR count). The number of hydrogen-bond donors (Lipinski definition) is 3. The van der Waals surface area contributed by atoms with E-state index in [1.807, 2.05) is 6.33 Å². The van der Waals surface area contributed by atoms with Crippen LogP contribution in [0, 0.1) is 0 Å². The standard InChI is InChI=1S/C29H39F3N8O/c30-29(31,32)41-24-8-4-1-5-19(24)17-39-15-13-22(14-16-39)35-26-25-27(40(18-34-25)23-6-2-3-7-23)38-28(37-26)36-21-11-9-20(33)10-12-21/h1,4-5,8,18,20-23H,2-3,6-7,9-17,33H2,(H2,35,36,37,38). The van der Waals surface area contributed by atoms with E-state index >= 15 is 0 Å². The lowest BCUT2D eigenvalue weighted by molar-refractivity contribution is -0.275. The average Bonchev–Trinajstić information content (AvgIpc) is 3.62. The number of nitrogens with two attached hydrogens (primary N) is 1. The summed E-state index contributed by atoms with van der Waals surface area (Å²) in [5, 5.41) is 7.23.